The molecule has 1 aliphatic rings. The molecule has 1 fully saturated rings. The largest absolute Gasteiger partial charge is 0.372 e. The Morgan fingerprint density at radius 1 is 0.943 bits per heavy atom. The van der Waals surface area contributed by atoms with Crippen molar-refractivity contribution >= 4 is 63.0 Å². The highest BCUT2D eigenvalue weighted by Gasteiger charge is 2.34. The Hall–Kier alpha value is -3.29. The first-order valence-electron chi connectivity index (χ1n) is 11.6. The van der Waals surface area contributed by atoms with Crippen LogP contribution in [0.2, 0.25) is 0 Å². The zero-order valence-electron chi connectivity index (χ0n) is 20.4. The number of carbonyl (C=O) groups excluding carboxylic acids is 1. The lowest BCUT2D eigenvalue weighted by Gasteiger charge is -2.20. The molecule has 0 saturated carbocycles. The highest BCUT2D eigenvalue weighted by Crippen LogP contribution is 2.38. The lowest BCUT2D eigenvalue weighted by molar-refractivity contribution is -0.113. The second-order valence-corrected chi connectivity index (χ2v) is 9.91. The molecule has 1 saturated heterocycles. The van der Waals surface area contributed by atoms with Gasteiger partial charge < -0.3 is 4.90 Å². The van der Waals surface area contributed by atoms with Crippen molar-refractivity contribution < 1.29 is 4.79 Å². The molecular formula is C28H28N4OS2. The van der Waals surface area contributed by atoms with Crippen LogP contribution in [0, 0.1) is 13.8 Å². The summed E-state index contributed by atoms with van der Waals surface area (Å²) in [6.07, 6.45) is 1.91. The number of azo groups is 1. The Bertz CT molecular complexity index is 1310. The van der Waals surface area contributed by atoms with Crippen LogP contribution in [0.5, 0.6) is 0 Å². The number of carbonyl (C=O) groups is 1. The molecule has 0 atom stereocenters. The van der Waals surface area contributed by atoms with E-state index in [-0.39, 0.29) is 5.91 Å². The van der Waals surface area contributed by atoms with Gasteiger partial charge in [0.2, 0.25) is 0 Å². The minimum Gasteiger partial charge on any atom is -0.372 e. The first-order valence-corrected chi connectivity index (χ1v) is 12.8. The van der Waals surface area contributed by atoms with E-state index in [0.29, 0.717) is 9.23 Å². The van der Waals surface area contributed by atoms with Crippen molar-refractivity contribution in [3.8, 4) is 0 Å². The van der Waals surface area contributed by atoms with E-state index in [1.807, 2.05) is 74.5 Å². The van der Waals surface area contributed by atoms with Crippen molar-refractivity contribution in [2.75, 3.05) is 22.9 Å². The second-order valence-electron chi connectivity index (χ2n) is 8.24. The molecule has 7 heteroatoms. The molecule has 35 heavy (non-hydrogen) atoms. The molecule has 0 bridgehead atoms. The summed E-state index contributed by atoms with van der Waals surface area (Å²) < 4.78 is 0.526. The Labute approximate surface area is 216 Å². The van der Waals surface area contributed by atoms with E-state index < -0.39 is 0 Å². The van der Waals surface area contributed by atoms with Crippen molar-refractivity contribution in [1.29, 1.82) is 0 Å². The van der Waals surface area contributed by atoms with Crippen molar-refractivity contribution in [3.63, 3.8) is 0 Å². The topological polar surface area (TPSA) is 48.3 Å². The number of aryl methyl sites for hydroxylation is 2. The maximum absolute atomic E-state index is 13.3. The number of rotatable bonds is 7. The summed E-state index contributed by atoms with van der Waals surface area (Å²) in [4.78, 5) is 17.8. The monoisotopic (exact) mass is 500 g/mol. The van der Waals surface area contributed by atoms with E-state index in [4.69, 9.17) is 12.2 Å². The number of hydrogen-bond donors (Lipinski definition) is 0. The van der Waals surface area contributed by atoms with Crippen LogP contribution in [0.1, 0.15) is 30.5 Å². The van der Waals surface area contributed by atoms with Crippen molar-refractivity contribution in [1.82, 2.24) is 0 Å². The van der Waals surface area contributed by atoms with Crippen molar-refractivity contribution in [2.45, 2.75) is 27.7 Å². The molecule has 1 amide bonds. The molecule has 0 spiro atoms. The molecule has 4 rings (SSSR count). The van der Waals surface area contributed by atoms with E-state index >= 15 is 0 Å². The fraction of sp³-hybridized carbons (Fsp3) is 0.214. The molecule has 0 aromatic heterocycles. The summed E-state index contributed by atoms with van der Waals surface area (Å²) in [6.45, 7) is 10.2. The number of amides is 1. The van der Waals surface area contributed by atoms with Gasteiger partial charge in [0.1, 0.15) is 0 Å². The van der Waals surface area contributed by atoms with Gasteiger partial charge in [-0.15, -0.1) is 0 Å². The van der Waals surface area contributed by atoms with Crippen LogP contribution in [-0.2, 0) is 4.79 Å². The van der Waals surface area contributed by atoms with Gasteiger partial charge in [0.25, 0.3) is 5.91 Å². The molecule has 0 radical (unpaired) electrons. The first-order chi connectivity index (χ1) is 16.9. The summed E-state index contributed by atoms with van der Waals surface area (Å²) in [5.41, 5.74) is 6.46. The zero-order valence-corrected chi connectivity index (χ0v) is 22.0. The SMILES string of the molecule is CCN(CC)c1ccc(/C=C2\SC(=S)N(c3ccc(N=Nc4ccccc4C)cc3C)C2=O)cc1. The number of thioether (sulfide) groups is 1. The van der Waals surface area contributed by atoms with Gasteiger partial charge in [0.05, 0.1) is 22.0 Å². The van der Waals surface area contributed by atoms with E-state index in [1.54, 1.807) is 4.90 Å². The van der Waals surface area contributed by atoms with E-state index in [1.165, 1.54) is 17.4 Å². The molecule has 0 unspecified atom stereocenters. The second kappa shape index (κ2) is 11.0. The highest BCUT2D eigenvalue weighted by molar-refractivity contribution is 8.27. The maximum atomic E-state index is 13.3. The zero-order chi connectivity index (χ0) is 24.9. The number of thiocarbonyl (C=S) groups is 1. The van der Waals surface area contributed by atoms with E-state index in [2.05, 4.69) is 41.1 Å². The van der Waals surface area contributed by atoms with Gasteiger partial charge in [-0.2, -0.15) is 10.2 Å². The van der Waals surface area contributed by atoms with Crippen LogP contribution in [0.4, 0.5) is 22.7 Å². The van der Waals surface area contributed by atoms with Crippen LogP contribution in [-0.4, -0.2) is 23.3 Å². The molecule has 0 aliphatic carbocycles. The third-order valence-electron chi connectivity index (χ3n) is 5.92. The fourth-order valence-corrected chi connectivity index (χ4v) is 5.22. The predicted molar refractivity (Wildman–Crippen MR) is 152 cm³/mol. The van der Waals surface area contributed by atoms with Crippen LogP contribution in [0.25, 0.3) is 6.08 Å². The van der Waals surface area contributed by atoms with Crippen molar-refractivity contribution in [2.24, 2.45) is 10.2 Å². The molecule has 1 heterocycles. The Balaban J connectivity index is 1.53. The summed E-state index contributed by atoms with van der Waals surface area (Å²) >= 11 is 6.91. The standard InChI is InChI=1S/C28H28N4OS2/c1-5-31(6-2)23-14-11-21(12-15-23)18-26-27(33)32(28(34)35-26)25-16-13-22(17-20(25)4)29-30-24-10-8-7-9-19(24)3/h7-18H,5-6H2,1-4H3/b26-18-,30-29?. The first kappa shape index (κ1) is 24.8. The summed E-state index contributed by atoms with van der Waals surface area (Å²) in [6, 6.07) is 21.8. The fourth-order valence-electron chi connectivity index (χ4n) is 3.94. The smallest absolute Gasteiger partial charge is 0.270 e. The van der Waals surface area contributed by atoms with Crippen LogP contribution in [0.15, 0.2) is 81.9 Å². The third-order valence-corrected chi connectivity index (χ3v) is 7.23. The molecule has 178 valence electrons. The van der Waals surface area contributed by atoms with Crippen LogP contribution < -0.4 is 9.80 Å². The average Bonchev–Trinajstić information content (AvgIpc) is 3.13. The average molecular weight is 501 g/mol. The van der Waals surface area contributed by atoms with Gasteiger partial charge in [-0.25, -0.2) is 0 Å². The minimum atomic E-state index is -0.106. The summed E-state index contributed by atoms with van der Waals surface area (Å²) in [5, 5.41) is 8.74. The van der Waals surface area contributed by atoms with Gasteiger partial charge in [0.15, 0.2) is 4.32 Å². The number of nitrogens with zero attached hydrogens (tertiary/aromatic N) is 4. The lowest BCUT2D eigenvalue weighted by atomic mass is 10.1. The van der Waals surface area contributed by atoms with Crippen molar-refractivity contribution in [3.05, 3.63) is 88.3 Å². The highest BCUT2D eigenvalue weighted by atomic mass is 32.2. The number of benzene rings is 3. The Morgan fingerprint density at radius 3 is 2.31 bits per heavy atom. The van der Waals surface area contributed by atoms with Gasteiger partial charge >= 0.3 is 0 Å². The molecule has 5 nitrogen and oxygen atoms in total. The third kappa shape index (κ3) is 5.52. The molecular weight excluding hydrogens is 472 g/mol. The normalized spacial score (nSPS) is 15.0. The van der Waals surface area contributed by atoms with Gasteiger partial charge in [-0.1, -0.05) is 54.3 Å². The van der Waals surface area contributed by atoms with Gasteiger partial charge in [0, 0.05) is 18.8 Å². The van der Waals surface area contributed by atoms with Crippen LogP contribution >= 0.6 is 24.0 Å². The molecule has 3 aromatic carbocycles. The molecule has 3 aromatic rings. The Morgan fingerprint density at radius 2 is 1.66 bits per heavy atom. The molecule has 1 aliphatic heterocycles. The van der Waals surface area contributed by atoms with E-state index in [0.717, 1.165) is 46.8 Å². The number of hydrogen-bond acceptors (Lipinski definition) is 6. The van der Waals surface area contributed by atoms with Gasteiger partial charge in [-0.3, -0.25) is 9.69 Å². The maximum Gasteiger partial charge on any atom is 0.270 e. The quantitative estimate of drug-likeness (QED) is 0.187. The lowest BCUT2D eigenvalue weighted by Crippen LogP contribution is -2.28. The predicted octanol–water partition coefficient (Wildman–Crippen LogP) is 7.97. The molecule has 0 N–H and O–H groups in total. The minimum absolute atomic E-state index is 0.106. The Kier molecular flexibility index (Phi) is 7.78. The summed E-state index contributed by atoms with van der Waals surface area (Å²) in [5.74, 6) is -0.106. The van der Waals surface area contributed by atoms with E-state index in [9.17, 15) is 4.79 Å². The van der Waals surface area contributed by atoms with Gasteiger partial charge in [-0.05, 0) is 86.9 Å². The van der Waals surface area contributed by atoms with Crippen LogP contribution in [0.3, 0.4) is 0 Å². The number of anilines is 2. The summed E-state index contributed by atoms with van der Waals surface area (Å²) in [7, 11) is 0.